The zero-order valence-corrected chi connectivity index (χ0v) is 8.62. The van der Waals surface area contributed by atoms with Crippen molar-refractivity contribution in [3.63, 3.8) is 0 Å². The maximum absolute atomic E-state index is 9.04. The Bertz CT molecular complexity index is 133. The number of aliphatic hydroxyl groups is 1. The summed E-state index contributed by atoms with van der Waals surface area (Å²) in [5.74, 6) is 0.778. The van der Waals surface area contributed by atoms with Crippen LogP contribution in [0.2, 0.25) is 0 Å². The Hall–Kier alpha value is -0.120. The monoisotopic (exact) mass is 187 g/mol. The van der Waals surface area contributed by atoms with Crippen molar-refractivity contribution in [3.8, 4) is 0 Å². The fraction of sp³-hybridized carbons (Fsp3) is 1.00. The van der Waals surface area contributed by atoms with Crippen LogP contribution in [0.5, 0.6) is 0 Å². The van der Waals surface area contributed by atoms with Crippen molar-refractivity contribution < 1.29 is 9.84 Å². The molecule has 2 N–H and O–H groups in total. The van der Waals surface area contributed by atoms with E-state index in [9.17, 15) is 0 Å². The van der Waals surface area contributed by atoms with Gasteiger partial charge in [-0.2, -0.15) is 0 Å². The van der Waals surface area contributed by atoms with Crippen molar-refractivity contribution in [2.45, 2.75) is 38.3 Å². The summed E-state index contributed by atoms with van der Waals surface area (Å²) < 4.78 is 5.15. The second-order valence-electron chi connectivity index (χ2n) is 3.85. The molecule has 0 heterocycles. The topological polar surface area (TPSA) is 41.5 Å². The number of hydrogen-bond donors (Lipinski definition) is 2. The number of nitrogens with one attached hydrogen (secondary N) is 1. The van der Waals surface area contributed by atoms with Crippen molar-refractivity contribution in [3.05, 3.63) is 0 Å². The summed E-state index contributed by atoms with van der Waals surface area (Å²) in [7, 11) is 1.73. The number of aliphatic hydroxyl groups excluding tert-OH is 1. The Kier molecular flexibility index (Phi) is 4.70. The van der Waals surface area contributed by atoms with Crippen LogP contribution in [0.25, 0.3) is 0 Å². The van der Waals surface area contributed by atoms with Crippen LogP contribution in [0.3, 0.4) is 0 Å². The summed E-state index contributed by atoms with van der Waals surface area (Å²) >= 11 is 0. The molecule has 78 valence electrons. The summed E-state index contributed by atoms with van der Waals surface area (Å²) in [6, 6.07) is 0.683. The number of rotatable bonds is 7. The standard InChI is InChI=1S/C10H21NO2/c1-3-9(6-12)11-10(7-13-2)8-4-5-8/h8-12H,3-7H2,1-2H3/t9-,10?/m0/s1. The van der Waals surface area contributed by atoms with E-state index in [1.807, 2.05) is 0 Å². The predicted molar refractivity (Wildman–Crippen MR) is 52.7 cm³/mol. The fourth-order valence-electron chi connectivity index (χ4n) is 1.60. The largest absolute Gasteiger partial charge is 0.395 e. The van der Waals surface area contributed by atoms with E-state index in [-0.39, 0.29) is 12.6 Å². The van der Waals surface area contributed by atoms with E-state index >= 15 is 0 Å². The molecule has 0 spiro atoms. The number of hydrogen-bond acceptors (Lipinski definition) is 3. The molecule has 2 atom stereocenters. The van der Waals surface area contributed by atoms with Gasteiger partial charge < -0.3 is 15.2 Å². The van der Waals surface area contributed by atoms with E-state index in [0.717, 1.165) is 18.9 Å². The molecule has 1 rings (SSSR count). The van der Waals surface area contributed by atoms with Crippen molar-refractivity contribution in [2.75, 3.05) is 20.3 Å². The first kappa shape index (κ1) is 11.0. The van der Waals surface area contributed by atoms with Gasteiger partial charge in [0.1, 0.15) is 0 Å². The minimum Gasteiger partial charge on any atom is -0.395 e. The lowest BCUT2D eigenvalue weighted by Crippen LogP contribution is -2.43. The van der Waals surface area contributed by atoms with Gasteiger partial charge in [-0.1, -0.05) is 6.92 Å². The Morgan fingerprint density at radius 2 is 2.23 bits per heavy atom. The minimum absolute atomic E-state index is 0.226. The highest BCUT2D eigenvalue weighted by molar-refractivity contribution is 4.88. The molecule has 1 fully saturated rings. The van der Waals surface area contributed by atoms with Crippen LogP contribution < -0.4 is 5.32 Å². The Morgan fingerprint density at radius 3 is 2.62 bits per heavy atom. The van der Waals surface area contributed by atoms with Crippen molar-refractivity contribution >= 4 is 0 Å². The Labute approximate surface area is 80.5 Å². The van der Waals surface area contributed by atoms with Crippen LogP contribution in [0.15, 0.2) is 0 Å². The first-order valence-electron chi connectivity index (χ1n) is 5.17. The maximum atomic E-state index is 9.04. The van der Waals surface area contributed by atoms with E-state index in [0.29, 0.717) is 6.04 Å². The lowest BCUT2D eigenvalue weighted by atomic mass is 10.1. The average molecular weight is 187 g/mol. The smallest absolute Gasteiger partial charge is 0.0618 e. The van der Waals surface area contributed by atoms with E-state index in [1.54, 1.807) is 7.11 Å². The van der Waals surface area contributed by atoms with Crippen LogP contribution in [0.1, 0.15) is 26.2 Å². The van der Waals surface area contributed by atoms with Crippen LogP contribution in [-0.2, 0) is 4.74 Å². The quantitative estimate of drug-likeness (QED) is 0.618. The van der Waals surface area contributed by atoms with Gasteiger partial charge in [-0.15, -0.1) is 0 Å². The molecule has 0 radical (unpaired) electrons. The first-order valence-corrected chi connectivity index (χ1v) is 5.17. The highest BCUT2D eigenvalue weighted by Crippen LogP contribution is 2.32. The minimum atomic E-state index is 0.226. The second-order valence-corrected chi connectivity index (χ2v) is 3.85. The van der Waals surface area contributed by atoms with Crippen LogP contribution in [-0.4, -0.2) is 37.5 Å². The average Bonchev–Trinajstić information content (AvgIpc) is 2.95. The molecule has 0 aromatic carbocycles. The van der Waals surface area contributed by atoms with E-state index in [4.69, 9.17) is 9.84 Å². The molecular weight excluding hydrogens is 166 g/mol. The molecule has 1 saturated carbocycles. The third kappa shape index (κ3) is 3.63. The second kappa shape index (κ2) is 5.58. The molecule has 3 nitrogen and oxygen atoms in total. The van der Waals surface area contributed by atoms with E-state index < -0.39 is 0 Å². The van der Waals surface area contributed by atoms with Gasteiger partial charge in [0.05, 0.1) is 13.2 Å². The normalized spacial score (nSPS) is 21.5. The van der Waals surface area contributed by atoms with Gasteiger partial charge in [-0.25, -0.2) is 0 Å². The molecular formula is C10H21NO2. The summed E-state index contributed by atoms with van der Waals surface area (Å²) in [5, 5.41) is 12.5. The van der Waals surface area contributed by atoms with Crippen LogP contribution in [0.4, 0.5) is 0 Å². The SMILES string of the molecule is CC[C@@H](CO)NC(COC)C1CC1. The Balaban J connectivity index is 2.27. The van der Waals surface area contributed by atoms with Gasteiger partial charge >= 0.3 is 0 Å². The molecule has 0 aliphatic heterocycles. The van der Waals surface area contributed by atoms with Gasteiger partial charge in [0, 0.05) is 19.2 Å². The molecule has 0 bridgehead atoms. The third-order valence-electron chi connectivity index (χ3n) is 2.70. The molecule has 0 saturated heterocycles. The Morgan fingerprint density at radius 1 is 1.54 bits per heavy atom. The number of methoxy groups -OCH3 is 1. The van der Waals surface area contributed by atoms with Gasteiger partial charge in [0.2, 0.25) is 0 Å². The lowest BCUT2D eigenvalue weighted by Gasteiger charge is -2.22. The molecule has 3 heteroatoms. The highest BCUT2D eigenvalue weighted by atomic mass is 16.5. The fourth-order valence-corrected chi connectivity index (χ4v) is 1.60. The summed E-state index contributed by atoms with van der Waals surface area (Å²) in [6.07, 6.45) is 3.59. The van der Waals surface area contributed by atoms with Crippen LogP contribution in [0, 0.1) is 5.92 Å². The lowest BCUT2D eigenvalue weighted by molar-refractivity contribution is 0.138. The maximum Gasteiger partial charge on any atom is 0.0618 e. The molecule has 0 amide bonds. The molecule has 1 aliphatic carbocycles. The van der Waals surface area contributed by atoms with Gasteiger partial charge in [0.15, 0.2) is 0 Å². The van der Waals surface area contributed by atoms with Crippen molar-refractivity contribution in [1.29, 1.82) is 0 Å². The first-order chi connectivity index (χ1) is 6.31. The highest BCUT2D eigenvalue weighted by Gasteiger charge is 2.31. The zero-order chi connectivity index (χ0) is 9.68. The zero-order valence-electron chi connectivity index (χ0n) is 8.62. The van der Waals surface area contributed by atoms with Gasteiger partial charge in [-0.05, 0) is 25.2 Å². The summed E-state index contributed by atoms with van der Waals surface area (Å²) in [6.45, 7) is 3.08. The van der Waals surface area contributed by atoms with Gasteiger partial charge in [-0.3, -0.25) is 0 Å². The summed E-state index contributed by atoms with van der Waals surface area (Å²) in [4.78, 5) is 0. The van der Waals surface area contributed by atoms with E-state index in [1.165, 1.54) is 12.8 Å². The van der Waals surface area contributed by atoms with Crippen LogP contribution >= 0.6 is 0 Å². The molecule has 0 aromatic rings. The molecule has 1 unspecified atom stereocenters. The molecule has 13 heavy (non-hydrogen) atoms. The number of ether oxygens (including phenoxy) is 1. The van der Waals surface area contributed by atoms with Crippen molar-refractivity contribution in [2.24, 2.45) is 5.92 Å². The van der Waals surface area contributed by atoms with Gasteiger partial charge in [0.25, 0.3) is 0 Å². The third-order valence-corrected chi connectivity index (χ3v) is 2.70. The molecule has 0 aromatic heterocycles. The molecule has 1 aliphatic rings. The van der Waals surface area contributed by atoms with Crippen molar-refractivity contribution in [1.82, 2.24) is 5.32 Å². The summed E-state index contributed by atoms with van der Waals surface area (Å²) in [5.41, 5.74) is 0. The predicted octanol–water partition coefficient (Wildman–Crippen LogP) is 0.772. The van der Waals surface area contributed by atoms with E-state index in [2.05, 4.69) is 12.2 Å².